The number of halogens is 4. The first-order valence-corrected chi connectivity index (χ1v) is 8.46. The van der Waals surface area contributed by atoms with Crippen LogP contribution >= 0.6 is 63.7 Å². The van der Waals surface area contributed by atoms with Crippen molar-refractivity contribution in [3.63, 3.8) is 0 Å². The zero-order valence-corrected chi connectivity index (χ0v) is 14.6. The third-order valence-corrected chi connectivity index (χ3v) is 7.33. The lowest BCUT2D eigenvalue weighted by Crippen LogP contribution is -2.43. The van der Waals surface area contributed by atoms with E-state index in [0.717, 1.165) is 11.8 Å². The van der Waals surface area contributed by atoms with E-state index in [0.29, 0.717) is 14.5 Å². The average Bonchev–Trinajstić information content (AvgIpc) is 2.10. The van der Waals surface area contributed by atoms with Crippen molar-refractivity contribution in [3.05, 3.63) is 11.6 Å². The fourth-order valence-electron chi connectivity index (χ4n) is 1.69. The third-order valence-electron chi connectivity index (χ3n) is 2.84. The molecule has 1 aliphatic carbocycles. The van der Waals surface area contributed by atoms with E-state index in [2.05, 4.69) is 83.6 Å². The molecule has 0 radical (unpaired) electrons. The quantitative estimate of drug-likeness (QED) is 0.386. The molecule has 82 valence electrons. The summed E-state index contributed by atoms with van der Waals surface area (Å²) in [5, 5.41) is 0.926. The van der Waals surface area contributed by atoms with Crippen LogP contribution in [-0.2, 0) is 0 Å². The average molecular weight is 454 g/mol. The molecule has 3 atom stereocenters. The molecule has 0 saturated heterocycles. The van der Waals surface area contributed by atoms with Gasteiger partial charge in [-0.3, -0.25) is 0 Å². The topological polar surface area (TPSA) is 0 Å². The van der Waals surface area contributed by atoms with Crippen LogP contribution in [-0.4, -0.2) is 19.8 Å². The van der Waals surface area contributed by atoms with E-state index < -0.39 is 0 Å². The van der Waals surface area contributed by atoms with Crippen LogP contribution in [0.15, 0.2) is 11.6 Å². The second kappa shape index (κ2) is 5.33. The minimum atomic E-state index is 0.262. The standard InChI is InChI=1S/C10H14Br4/c1-10(2)8(13)5-7(12)6(3-4-11)9(10)14/h3,7-9H,4-5H2,1-2H3/b6-3+/t7-,8-,9-/m0/s1. The molecular formula is C10H14Br4. The van der Waals surface area contributed by atoms with Crippen LogP contribution < -0.4 is 0 Å². The summed E-state index contributed by atoms with van der Waals surface area (Å²) in [7, 11) is 0. The minimum absolute atomic E-state index is 0.262. The SMILES string of the molecule is CC1(C)[C@@H](Br)C[C@H](Br)/C(=C\CBr)[C@@H]1Br. The van der Waals surface area contributed by atoms with E-state index in [9.17, 15) is 0 Å². The van der Waals surface area contributed by atoms with Gasteiger partial charge in [-0.25, -0.2) is 0 Å². The van der Waals surface area contributed by atoms with Crippen molar-refractivity contribution in [2.24, 2.45) is 5.41 Å². The maximum atomic E-state index is 3.81. The number of rotatable bonds is 1. The maximum Gasteiger partial charge on any atom is 0.0427 e. The normalized spacial score (nSPS) is 40.1. The van der Waals surface area contributed by atoms with Crippen LogP contribution in [0.3, 0.4) is 0 Å². The smallest absolute Gasteiger partial charge is 0.0427 e. The molecule has 0 aromatic carbocycles. The Kier molecular flexibility index (Phi) is 5.22. The van der Waals surface area contributed by atoms with Gasteiger partial charge in [0, 0.05) is 19.8 Å². The molecule has 1 rings (SSSR count). The highest BCUT2D eigenvalue weighted by Crippen LogP contribution is 2.48. The van der Waals surface area contributed by atoms with Gasteiger partial charge in [-0.05, 0) is 17.4 Å². The van der Waals surface area contributed by atoms with E-state index in [1.165, 1.54) is 5.57 Å². The molecule has 0 amide bonds. The molecule has 0 aromatic rings. The second-order valence-corrected chi connectivity index (χ2v) is 7.99. The van der Waals surface area contributed by atoms with E-state index in [1.807, 2.05) is 0 Å². The zero-order valence-electron chi connectivity index (χ0n) is 8.24. The lowest BCUT2D eigenvalue weighted by molar-refractivity contribution is 0.326. The first-order valence-electron chi connectivity index (χ1n) is 4.59. The van der Waals surface area contributed by atoms with Crippen molar-refractivity contribution in [1.29, 1.82) is 0 Å². The number of allylic oxidation sites excluding steroid dienone is 2. The lowest BCUT2D eigenvalue weighted by Gasteiger charge is -2.43. The van der Waals surface area contributed by atoms with Gasteiger partial charge in [0.05, 0.1) is 0 Å². The summed E-state index contributed by atoms with van der Waals surface area (Å²) in [6, 6.07) is 0. The van der Waals surface area contributed by atoms with Gasteiger partial charge in [-0.2, -0.15) is 0 Å². The Morgan fingerprint density at radius 1 is 1.36 bits per heavy atom. The summed E-state index contributed by atoms with van der Waals surface area (Å²) in [6.07, 6.45) is 3.41. The summed E-state index contributed by atoms with van der Waals surface area (Å²) < 4.78 is 0. The highest BCUT2D eigenvalue weighted by atomic mass is 79.9. The molecule has 0 aliphatic heterocycles. The van der Waals surface area contributed by atoms with Crippen molar-refractivity contribution in [2.75, 3.05) is 5.33 Å². The molecule has 14 heavy (non-hydrogen) atoms. The Balaban J connectivity index is 2.95. The fraction of sp³-hybridized carbons (Fsp3) is 0.800. The van der Waals surface area contributed by atoms with Gasteiger partial charge in [-0.15, -0.1) is 0 Å². The Bertz CT molecular complexity index is 234. The third kappa shape index (κ3) is 2.67. The molecule has 0 N–H and O–H groups in total. The summed E-state index contributed by atoms with van der Waals surface area (Å²) in [4.78, 5) is 1.48. The molecule has 1 saturated carbocycles. The molecule has 0 heterocycles. The van der Waals surface area contributed by atoms with Crippen molar-refractivity contribution in [2.45, 2.75) is 34.7 Å². The zero-order chi connectivity index (χ0) is 10.9. The van der Waals surface area contributed by atoms with Gasteiger partial charge < -0.3 is 0 Å². The predicted octanol–water partition coefficient (Wildman–Crippen LogP) is 5.03. The van der Waals surface area contributed by atoms with Gasteiger partial charge in [0.2, 0.25) is 0 Å². The van der Waals surface area contributed by atoms with E-state index >= 15 is 0 Å². The first-order chi connectivity index (χ1) is 6.41. The summed E-state index contributed by atoms with van der Waals surface area (Å²) in [6.45, 7) is 4.60. The minimum Gasteiger partial charge on any atom is -0.0884 e. The molecule has 1 aliphatic rings. The van der Waals surface area contributed by atoms with Gasteiger partial charge >= 0.3 is 0 Å². The van der Waals surface area contributed by atoms with Crippen LogP contribution in [0.25, 0.3) is 0 Å². The molecule has 4 heteroatoms. The van der Waals surface area contributed by atoms with Gasteiger partial charge in [-0.1, -0.05) is 83.6 Å². The van der Waals surface area contributed by atoms with Crippen LogP contribution in [0.2, 0.25) is 0 Å². The van der Waals surface area contributed by atoms with Crippen molar-refractivity contribution in [3.8, 4) is 0 Å². The second-order valence-electron chi connectivity index (χ2n) is 4.21. The maximum absolute atomic E-state index is 3.81. The monoisotopic (exact) mass is 450 g/mol. The van der Waals surface area contributed by atoms with Crippen LogP contribution in [0, 0.1) is 5.41 Å². The number of alkyl halides is 4. The lowest BCUT2D eigenvalue weighted by atomic mass is 9.74. The predicted molar refractivity (Wildman–Crippen MR) is 78.4 cm³/mol. The van der Waals surface area contributed by atoms with Gasteiger partial charge in [0.25, 0.3) is 0 Å². The summed E-state index contributed by atoms with van der Waals surface area (Å²) in [5.74, 6) is 0. The Hall–Kier alpha value is 1.66. The molecule has 0 spiro atoms. The first kappa shape index (κ1) is 13.7. The number of hydrogen-bond donors (Lipinski definition) is 0. The van der Waals surface area contributed by atoms with Crippen molar-refractivity contribution >= 4 is 63.7 Å². The summed E-state index contributed by atoms with van der Waals surface area (Å²) >= 11 is 14.8. The van der Waals surface area contributed by atoms with E-state index in [1.54, 1.807) is 0 Å². The van der Waals surface area contributed by atoms with Crippen LogP contribution in [0.5, 0.6) is 0 Å². The van der Waals surface area contributed by atoms with E-state index in [-0.39, 0.29) is 5.41 Å². The van der Waals surface area contributed by atoms with E-state index in [4.69, 9.17) is 0 Å². The Morgan fingerprint density at radius 3 is 2.43 bits per heavy atom. The van der Waals surface area contributed by atoms with Gasteiger partial charge in [0.1, 0.15) is 0 Å². The van der Waals surface area contributed by atoms with Crippen molar-refractivity contribution < 1.29 is 0 Å². The molecular weight excluding hydrogens is 440 g/mol. The Morgan fingerprint density at radius 2 is 1.93 bits per heavy atom. The van der Waals surface area contributed by atoms with Crippen LogP contribution in [0.1, 0.15) is 20.3 Å². The number of hydrogen-bond acceptors (Lipinski definition) is 0. The molecule has 0 nitrogen and oxygen atoms in total. The highest BCUT2D eigenvalue weighted by molar-refractivity contribution is 9.11. The highest BCUT2D eigenvalue weighted by Gasteiger charge is 2.43. The Labute approximate surface area is 120 Å². The summed E-state index contributed by atoms with van der Waals surface area (Å²) in [5.41, 5.74) is 1.72. The van der Waals surface area contributed by atoms with Crippen LogP contribution in [0.4, 0.5) is 0 Å². The fourth-order valence-corrected chi connectivity index (χ4v) is 5.56. The van der Waals surface area contributed by atoms with Crippen molar-refractivity contribution in [1.82, 2.24) is 0 Å². The van der Waals surface area contributed by atoms with Gasteiger partial charge in [0.15, 0.2) is 0 Å². The molecule has 0 unspecified atom stereocenters. The molecule has 1 fully saturated rings. The molecule has 0 aromatic heterocycles. The molecule has 0 bridgehead atoms. The largest absolute Gasteiger partial charge is 0.0884 e.